The minimum Gasteiger partial charge on any atom is -0.377 e. The Morgan fingerprint density at radius 1 is 1.22 bits per heavy atom. The zero-order valence-corrected chi connectivity index (χ0v) is 17.6. The van der Waals surface area contributed by atoms with Crippen LogP contribution in [0.15, 0.2) is 35.3 Å². The van der Waals surface area contributed by atoms with E-state index in [1.807, 2.05) is 7.05 Å². The van der Waals surface area contributed by atoms with Gasteiger partial charge in [-0.15, -0.1) is 0 Å². The molecule has 0 aliphatic carbocycles. The number of likely N-dealkylation sites (tertiary alicyclic amines) is 1. The van der Waals surface area contributed by atoms with Gasteiger partial charge in [0, 0.05) is 39.2 Å². The number of aliphatic imine (C=N–C) groups is 1. The number of hydrogen-bond acceptors (Lipinski definition) is 2. The second-order valence-corrected chi connectivity index (χ2v) is 9.28. The maximum Gasteiger partial charge on any atom is 0.193 e. The smallest absolute Gasteiger partial charge is 0.193 e. The van der Waals surface area contributed by atoms with E-state index in [1.165, 1.54) is 24.8 Å². The number of nitrogens with zero attached hydrogens (tertiary/aromatic N) is 2. The van der Waals surface area contributed by atoms with Crippen LogP contribution in [0.5, 0.6) is 0 Å². The molecule has 4 heteroatoms. The lowest BCUT2D eigenvalue weighted by Gasteiger charge is -2.40. The molecule has 27 heavy (non-hydrogen) atoms. The fourth-order valence-electron chi connectivity index (χ4n) is 4.70. The van der Waals surface area contributed by atoms with Gasteiger partial charge in [0.25, 0.3) is 0 Å². The average Bonchev–Trinajstić information content (AvgIpc) is 3.11. The molecule has 0 amide bonds. The molecule has 0 spiro atoms. The minimum absolute atomic E-state index is 0.185. The lowest BCUT2D eigenvalue weighted by atomic mass is 9.78. The Hall–Kier alpha value is -1.55. The Balaban J connectivity index is 1.52. The van der Waals surface area contributed by atoms with E-state index >= 15 is 0 Å². The highest BCUT2D eigenvalue weighted by Crippen LogP contribution is 2.33. The van der Waals surface area contributed by atoms with Crippen LogP contribution in [-0.2, 0) is 11.2 Å². The normalized spacial score (nSPS) is 27.0. The second kappa shape index (κ2) is 9.09. The van der Waals surface area contributed by atoms with E-state index in [1.54, 1.807) is 0 Å². The van der Waals surface area contributed by atoms with Crippen molar-refractivity contribution in [3.05, 3.63) is 35.9 Å². The summed E-state index contributed by atoms with van der Waals surface area (Å²) in [6.45, 7) is 10.9. The fourth-order valence-corrected chi connectivity index (χ4v) is 4.70. The number of hydrogen-bond donors (Lipinski definition) is 1. The average molecular weight is 372 g/mol. The van der Waals surface area contributed by atoms with E-state index in [2.05, 4.69) is 66.3 Å². The molecule has 1 aromatic carbocycles. The molecule has 2 heterocycles. The molecule has 1 aromatic rings. The predicted octanol–water partition coefficient (Wildman–Crippen LogP) is 3.97. The first-order chi connectivity index (χ1) is 13.0. The van der Waals surface area contributed by atoms with Crippen molar-refractivity contribution >= 4 is 5.96 Å². The van der Waals surface area contributed by atoms with Gasteiger partial charge >= 0.3 is 0 Å². The highest BCUT2D eigenvalue weighted by molar-refractivity contribution is 5.80. The molecule has 2 fully saturated rings. The largest absolute Gasteiger partial charge is 0.377 e. The third-order valence-corrected chi connectivity index (χ3v) is 5.99. The summed E-state index contributed by atoms with van der Waals surface area (Å²) in [5.74, 6) is 2.33. The molecule has 0 aromatic heterocycles. The summed E-state index contributed by atoms with van der Waals surface area (Å²) in [5.41, 5.74) is 1.63. The van der Waals surface area contributed by atoms with Gasteiger partial charge in [-0.25, -0.2) is 0 Å². The first kappa shape index (κ1) is 20.2. The standard InChI is InChI=1S/C23H37N3O/c1-23(2,3)21-20(11-8-14-27-21)16-25-22(24-4)26-13-12-19(17-26)15-18-9-6-5-7-10-18/h5-7,9-10,19-21H,8,11-17H2,1-4H3,(H,24,25). The topological polar surface area (TPSA) is 36.9 Å². The van der Waals surface area contributed by atoms with Crippen molar-refractivity contribution in [2.45, 2.75) is 52.6 Å². The third kappa shape index (κ3) is 5.47. The lowest BCUT2D eigenvalue weighted by molar-refractivity contribution is -0.0836. The second-order valence-electron chi connectivity index (χ2n) is 9.28. The third-order valence-electron chi connectivity index (χ3n) is 5.99. The van der Waals surface area contributed by atoms with E-state index in [0.29, 0.717) is 17.9 Å². The number of nitrogens with one attached hydrogen (secondary N) is 1. The van der Waals surface area contributed by atoms with Gasteiger partial charge < -0.3 is 15.0 Å². The summed E-state index contributed by atoms with van der Waals surface area (Å²) in [7, 11) is 1.91. The van der Waals surface area contributed by atoms with Crippen LogP contribution < -0.4 is 5.32 Å². The maximum atomic E-state index is 6.14. The van der Waals surface area contributed by atoms with Crippen molar-refractivity contribution in [3.63, 3.8) is 0 Å². The molecule has 0 bridgehead atoms. The Morgan fingerprint density at radius 2 is 2.00 bits per heavy atom. The van der Waals surface area contributed by atoms with Gasteiger partial charge in [0.15, 0.2) is 5.96 Å². The van der Waals surface area contributed by atoms with Crippen molar-refractivity contribution in [2.75, 3.05) is 33.3 Å². The highest BCUT2D eigenvalue weighted by Gasteiger charge is 2.35. The zero-order valence-electron chi connectivity index (χ0n) is 17.6. The molecule has 3 atom stereocenters. The monoisotopic (exact) mass is 371 g/mol. The van der Waals surface area contributed by atoms with Crippen molar-refractivity contribution in [3.8, 4) is 0 Å². The van der Waals surface area contributed by atoms with Crippen molar-refractivity contribution < 1.29 is 4.74 Å². The van der Waals surface area contributed by atoms with Crippen LogP contribution in [0.25, 0.3) is 0 Å². The lowest BCUT2D eigenvalue weighted by Crippen LogP contribution is -2.48. The molecule has 2 saturated heterocycles. The molecule has 2 aliphatic heterocycles. The Bertz CT molecular complexity index is 608. The Labute approximate surface area is 165 Å². The van der Waals surface area contributed by atoms with Gasteiger partial charge in [-0.3, -0.25) is 4.99 Å². The summed E-state index contributed by atoms with van der Waals surface area (Å²) < 4.78 is 6.14. The van der Waals surface area contributed by atoms with Gasteiger partial charge in [-0.1, -0.05) is 51.1 Å². The molecular formula is C23H37N3O. The highest BCUT2D eigenvalue weighted by atomic mass is 16.5. The summed E-state index contributed by atoms with van der Waals surface area (Å²) >= 11 is 0. The van der Waals surface area contributed by atoms with Gasteiger partial charge in [-0.05, 0) is 42.6 Å². The predicted molar refractivity (Wildman–Crippen MR) is 113 cm³/mol. The number of rotatable bonds is 4. The summed E-state index contributed by atoms with van der Waals surface area (Å²) in [5, 5.41) is 3.66. The Morgan fingerprint density at radius 3 is 2.70 bits per heavy atom. The van der Waals surface area contributed by atoms with Gasteiger partial charge in [0.05, 0.1) is 6.10 Å². The number of ether oxygens (including phenoxy) is 1. The molecule has 150 valence electrons. The van der Waals surface area contributed by atoms with E-state index in [-0.39, 0.29) is 5.41 Å². The summed E-state index contributed by atoms with van der Waals surface area (Å²) in [4.78, 5) is 7.01. The zero-order chi connectivity index (χ0) is 19.3. The molecule has 3 rings (SSSR count). The van der Waals surface area contributed by atoms with Gasteiger partial charge in [0.1, 0.15) is 0 Å². The van der Waals surface area contributed by atoms with Gasteiger partial charge in [-0.2, -0.15) is 0 Å². The molecular weight excluding hydrogens is 334 g/mol. The first-order valence-corrected chi connectivity index (χ1v) is 10.6. The number of benzene rings is 1. The molecule has 4 nitrogen and oxygen atoms in total. The first-order valence-electron chi connectivity index (χ1n) is 10.6. The van der Waals surface area contributed by atoms with E-state index in [0.717, 1.165) is 38.6 Å². The molecule has 3 unspecified atom stereocenters. The SMILES string of the molecule is CN=C(NCC1CCCOC1C(C)(C)C)N1CCC(Cc2ccccc2)C1. The minimum atomic E-state index is 0.185. The summed E-state index contributed by atoms with van der Waals surface area (Å²) in [6.07, 6.45) is 5.13. The summed E-state index contributed by atoms with van der Waals surface area (Å²) in [6, 6.07) is 10.9. The fraction of sp³-hybridized carbons (Fsp3) is 0.696. The van der Waals surface area contributed by atoms with Crippen molar-refractivity contribution in [1.82, 2.24) is 10.2 Å². The van der Waals surface area contributed by atoms with E-state index in [9.17, 15) is 0 Å². The van der Waals surface area contributed by atoms with Crippen LogP contribution in [0.3, 0.4) is 0 Å². The maximum absolute atomic E-state index is 6.14. The van der Waals surface area contributed by atoms with Crippen molar-refractivity contribution in [2.24, 2.45) is 22.2 Å². The van der Waals surface area contributed by atoms with E-state index in [4.69, 9.17) is 4.74 Å². The molecule has 0 radical (unpaired) electrons. The van der Waals surface area contributed by atoms with Crippen LogP contribution in [0, 0.1) is 17.3 Å². The van der Waals surface area contributed by atoms with Crippen LogP contribution in [-0.4, -0.2) is 50.3 Å². The van der Waals surface area contributed by atoms with Crippen LogP contribution >= 0.6 is 0 Å². The molecule has 0 saturated carbocycles. The molecule has 2 aliphatic rings. The van der Waals surface area contributed by atoms with E-state index < -0.39 is 0 Å². The number of guanidine groups is 1. The van der Waals surface area contributed by atoms with Crippen LogP contribution in [0.1, 0.15) is 45.6 Å². The van der Waals surface area contributed by atoms with Gasteiger partial charge in [0.2, 0.25) is 0 Å². The Kier molecular flexibility index (Phi) is 6.80. The van der Waals surface area contributed by atoms with Crippen molar-refractivity contribution in [1.29, 1.82) is 0 Å². The van der Waals surface area contributed by atoms with Crippen LogP contribution in [0.4, 0.5) is 0 Å². The quantitative estimate of drug-likeness (QED) is 0.643. The molecule has 1 N–H and O–H groups in total. The van der Waals surface area contributed by atoms with Crippen LogP contribution in [0.2, 0.25) is 0 Å².